The van der Waals surface area contributed by atoms with E-state index in [0.717, 1.165) is 12.8 Å². The Hall–Kier alpha value is -3.21. The number of methoxy groups -OCH3 is 1. The lowest BCUT2D eigenvalue weighted by Gasteiger charge is -2.38. The maximum Gasteiger partial charge on any atom is 0.410 e. The summed E-state index contributed by atoms with van der Waals surface area (Å²) >= 11 is 0. The van der Waals surface area contributed by atoms with E-state index in [-0.39, 0.29) is 30.0 Å². The maximum absolute atomic E-state index is 13.3. The first-order valence-corrected chi connectivity index (χ1v) is 13.9. The highest BCUT2D eigenvalue weighted by molar-refractivity contribution is 5.82. The second-order valence-corrected chi connectivity index (χ2v) is 11.9. The molecule has 1 aliphatic heterocycles. The lowest BCUT2D eigenvalue weighted by molar-refractivity contribution is -0.162. The number of ether oxygens (including phenoxy) is 3. The van der Waals surface area contributed by atoms with Gasteiger partial charge in [0, 0.05) is 19.0 Å². The summed E-state index contributed by atoms with van der Waals surface area (Å²) < 4.78 is 16.4. The van der Waals surface area contributed by atoms with E-state index in [1.54, 1.807) is 32.7 Å². The zero-order valence-corrected chi connectivity index (χ0v) is 24.7. The van der Waals surface area contributed by atoms with Crippen molar-refractivity contribution in [3.8, 4) is 23.5 Å². The van der Waals surface area contributed by atoms with Crippen LogP contribution in [0.4, 0.5) is 9.59 Å². The highest BCUT2D eigenvalue weighted by atomic mass is 16.6. The lowest BCUT2D eigenvalue weighted by atomic mass is 9.82. The summed E-state index contributed by atoms with van der Waals surface area (Å²) in [7, 11) is 2.91. The third-order valence-corrected chi connectivity index (χ3v) is 8.05. The van der Waals surface area contributed by atoms with E-state index in [0.29, 0.717) is 19.3 Å². The molecule has 0 aromatic heterocycles. The number of fused-ring (bicyclic) bond motifs is 2. The molecule has 0 radical (unpaired) electrons. The molecule has 0 spiro atoms. The third-order valence-electron chi connectivity index (χ3n) is 8.05. The van der Waals surface area contributed by atoms with E-state index in [4.69, 9.17) is 20.6 Å². The van der Waals surface area contributed by atoms with Gasteiger partial charge in [-0.3, -0.25) is 9.80 Å². The Kier molecular flexibility index (Phi) is 9.58. The van der Waals surface area contributed by atoms with Crippen LogP contribution in [0.5, 0.6) is 0 Å². The van der Waals surface area contributed by atoms with E-state index in [9.17, 15) is 14.4 Å². The van der Waals surface area contributed by atoms with Gasteiger partial charge in [0.2, 0.25) is 0 Å². The Morgan fingerprint density at radius 1 is 1.23 bits per heavy atom. The second-order valence-electron chi connectivity index (χ2n) is 11.9. The first-order valence-electron chi connectivity index (χ1n) is 13.9. The van der Waals surface area contributed by atoms with Gasteiger partial charge in [0.1, 0.15) is 17.7 Å². The normalized spacial score (nSPS) is 24.1. The van der Waals surface area contributed by atoms with Crippen LogP contribution in [-0.2, 0) is 19.0 Å². The first-order chi connectivity index (χ1) is 18.3. The summed E-state index contributed by atoms with van der Waals surface area (Å²) in [6.45, 7) is 11.4. The van der Waals surface area contributed by atoms with Crippen LogP contribution in [0, 0.1) is 31.1 Å². The number of hydrogen-bond donors (Lipinski definition) is 0. The van der Waals surface area contributed by atoms with Gasteiger partial charge >= 0.3 is 18.2 Å². The number of amides is 2. The molecule has 2 amide bonds. The topological polar surface area (TPSA) is 85.4 Å². The van der Waals surface area contributed by atoms with Gasteiger partial charge in [-0.05, 0) is 76.0 Å². The van der Waals surface area contributed by atoms with Crippen molar-refractivity contribution in [3.05, 3.63) is 23.8 Å². The predicted molar refractivity (Wildman–Crippen MR) is 150 cm³/mol. The standard InChI is InChI=1S/C24H38N2O6.C7H6/c1-9-15(3)20(25(7)22(28)32-24(4,5)6)21(27)31-19-13-11-12-18-17(19)14-16(10-2)26(18)23(29)30-8;1-5-4-6-2-3-7(5)6/h2,15-20H,9,11-14H2,1,3-8H3;2-4H,1H3/t15-,16?,17+,18+,19-,20-;/m0./s1. The molecule has 8 heteroatoms. The molecule has 0 aromatic carbocycles. The van der Waals surface area contributed by atoms with Crippen molar-refractivity contribution >= 4 is 18.2 Å². The molecular weight excluding hydrogens is 496 g/mol. The number of carbonyl (C=O) groups is 3. The molecule has 1 unspecified atom stereocenters. The summed E-state index contributed by atoms with van der Waals surface area (Å²) in [5.41, 5.74) is 3.69. The molecule has 4 aliphatic rings. The van der Waals surface area contributed by atoms with Crippen LogP contribution in [-0.4, -0.2) is 71.9 Å². The number of esters is 1. The SMILES string of the molecule is C#CC1C[C@H]2[C@@H](OC(=O)[C@H]([C@@H](C)CC)N(C)C(=O)OC(C)(C)C)CCC[C@H]2N1C(=O)OC.Cc1cc2ccc1-2. The molecule has 2 fully saturated rings. The summed E-state index contributed by atoms with van der Waals surface area (Å²) in [4.78, 5) is 41.2. The van der Waals surface area contributed by atoms with Crippen LogP contribution in [0.15, 0.2) is 18.2 Å². The second kappa shape index (κ2) is 12.3. The monoisotopic (exact) mass is 540 g/mol. The fourth-order valence-corrected chi connectivity index (χ4v) is 5.77. The molecule has 8 nitrogen and oxygen atoms in total. The van der Waals surface area contributed by atoms with E-state index in [1.165, 1.54) is 28.7 Å². The van der Waals surface area contributed by atoms with E-state index >= 15 is 0 Å². The third kappa shape index (κ3) is 6.69. The summed E-state index contributed by atoms with van der Waals surface area (Å²) in [6, 6.07) is 5.23. The van der Waals surface area contributed by atoms with Gasteiger partial charge in [0.25, 0.3) is 0 Å². The van der Waals surface area contributed by atoms with E-state index in [1.807, 2.05) is 13.8 Å². The fraction of sp³-hybridized carbons (Fsp3) is 0.645. The summed E-state index contributed by atoms with van der Waals surface area (Å²) in [6.07, 6.45) is 7.84. The van der Waals surface area contributed by atoms with Gasteiger partial charge in [0.05, 0.1) is 13.2 Å². The number of nitrogens with zero attached hydrogens (tertiary/aromatic N) is 2. The van der Waals surface area contributed by atoms with Crippen molar-refractivity contribution in [3.63, 3.8) is 0 Å². The van der Waals surface area contributed by atoms with E-state index < -0.39 is 29.8 Å². The van der Waals surface area contributed by atoms with Gasteiger partial charge in [-0.15, -0.1) is 6.42 Å². The van der Waals surface area contributed by atoms with Gasteiger partial charge < -0.3 is 14.2 Å². The van der Waals surface area contributed by atoms with Gasteiger partial charge in [-0.1, -0.05) is 44.4 Å². The number of likely N-dealkylation sites (tertiary alicyclic amines) is 1. The molecule has 4 rings (SSSR count). The Labute approximate surface area is 233 Å². The van der Waals surface area contributed by atoms with Crippen molar-refractivity contribution in [1.29, 1.82) is 0 Å². The average molecular weight is 541 g/mol. The number of rotatable bonds is 5. The molecule has 1 heterocycles. The molecule has 0 bridgehead atoms. The predicted octanol–water partition coefficient (Wildman–Crippen LogP) is 5.80. The number of benzene rings is 1. The molecule has 214 valence electrons. The average Bonchev–Trinajstić information content (AvgIpc) is 3.25. The van der Waals surface area contributed by atoms with Crippen molar-refractivity contribution in [2.45, 2.75) is 103 Å². The minimum atomic E-state index is -0.767. The van der Waals surface area contributed by atoms with Crippen molar-refractivity contribution in [1.82, 2.24) is 9.80 Å². The van der Waals surface area contributed by atoms with Crippen LogP contribution in [0.2, 0.25) is 0 Å². The molecule has 0 aromatic rings. The van der Waals surface area contributed by atoms with Crippen molar-refractivity contribution in [2.75, 3.05) is 14.2 Å². The van der Waals surface area contributed by atoms with Gasteiger partial charge in [-0.25, -0.2) is 14.4 Å². The van der Waals surface area contributed by atoms with Crippen LogP contribution in [0.1, 0.15) is 72.3 Å². The molecule has 3 aliphatic carbocycles. The molecular formula is C31H44N2O6. The molecule has 39 heavy (non-hydrogen) atoms. The number of carbonyl (C=O) groups excluding carboxylic acids is 3. The Morgan fingerprint density at radius 2 is 1.92 bits per heavy atom. The largest absolute Gasteiger partial charge is 0.460 e. The minimum Gasteiger partial charge on any atom is -0.460 e. The van der Waals surface area contributed by atoms with Crippen LogP contribution >= 0.6 is 0 Å². The summed E-state index contributed by atoms with van der Waals surface area (Å²) in [5, 5.41) is 0. The van der Waals surface area contributed by atoms with Gasteiger partial charge in [-0.2, -0.15) is 0 Å². The number of terminal acetylenes is 1. The fourth-order valence-electron chi connectivity index (χ4n) is 5.77. The Morgan fingerprint density at radius 3 is 2.36 bits per heavy atom. The Bertz CT molecular complexity index is 1100. The zero-order chi connectivity index (χ0) is 29.1. The van der Waals surface area contributed by atoms with Crippen molar-refractivity contribution in [2.24, 2.45) is 11.8 Å². The summed E-state index contributed by atoms with van der Waals surface area (Å²) in [5.74, 6) is 2.05. The molecule has 1 saturated carbocycles. The first kappa shape index (κ1) is 30.3. The van der Waals surface area contributed by atoms with Crippen LogP contribution in [0.3, 0.4) is 0 Å². The van der Waals surface area contributed by atoms with Crippen LogP contribution < -0.4 is 0 Å². The van der Waals surface area contributed by atoms with Crippen molar-refractivity contribution < 1.29 is 28.6 Å². The highest BCUT2D eigenvalue weighted by Crippen LogP contribution is 2.41. The quantitative estimate of drug-likeness (QED) is 0.271. The van der Waals surface area contributed by atoms with Crippen LogP contribution in [0.25, 0.3) is 11.1 Å². The molecule has 1 saturated heterocycles. The zero-order valence-electron chi connectivity index (χ0n) is 24.7. The Balaban J connectivity index is 0.000000509. The number of aryl methyl sites for hydroxylation is 1. The number of likely N-dealkylation sites (N-methyl/N-ethyl adjacent to an activating group) is 1. The minimum absolute atomic E-state index is 0.0581. The lowest BCUT2D eigenvalue weighted by Crippen LogP contribution is -2.51. The smallest absolute Gasteiger partial charge is 0.410 e. The highest BCUT2D eigenvalue weighted by Gasteiger charge is 2.50. The molecule has 0 N–H and O–H groups in total. The molecule has 6 atom stereocenters. The number of hydrogen-bond acceptors (Lipinski definition) is 6. The maximum atomic E-state index is 13.3. The van der Waals surface area contributed by atoms with Gasteiger partial charge in [0.15, 0.2) is 0 Å². The van der Waals surface area contributed by atoms with E-state index in [2.05, 4.69) is 31.0 Å².